The molecule has 0 N–H and O–H groups in total. The van der Waals surface area contributed by atoms with E-state index in [-0.39, 0.29) is 16.5 Å². The molecule has 0 aliphatic heterocycles. The van der Waals surface area contributed by atoms with Gasteiger partial charge < -0.3 is 9.64 Å². The van der Waals surface area contributed by atoms with Crippen LogP contribution in [-0.4, -0.2) is 43.5 Å². The normalized spacial score (nSPS) is 10.4. The molecule has 0 bridgehead atoms. The molecule has 3 nitrogen and oxygen atoms in total. The lowest BCUT2D eigenvalue weighted by molar-refractivity contribution is 0.0703. The number of carbonyl (C=O) groups is 1. The van der Waals surface area contributed by atoms with Crippen molar-refractivity contribution in [3.05, 3.63) is 34.6 Å². The van der Waals surface area contributed by atoms with Gasteiger partial charge in [0.1, 0.15) is 0 Å². The van der Waals surface area contributed by atoms with Crippen LogP contribution in [0.4, 0.5) is 4.39 Å². The monoisotopic (exact) mass is 293 g/mol. The van der Waals surface area contributed by atoms with Crippen LogP contribution in [0.25, 0.3) is 0 Å². The van der Waals surface area contributed by atoms with E-state index in [4.69, 9.17) is 27.9 Å². The van der Waals surface area contributed by atoms with Crippen LogP contribution in [0.2, 0.25) is 5.02 Å². The zero-order chi connectivity index (χ0) is 13.5. The van der Waals surface area contributed by atoms with Gasteiger partial charge >= 0.3 is 0 Å². The number of rotatable bonds is 6. The molecule has 0 fully saturated rings. The fourth-order valence-corrected chi connectivity index (χ4v) is 1.84. The van der Waals surface area contributed by atoms with Crippen molar-refractivity contribution in [2.24, 2.45) is 0 Å². The van der Waals surface area contributed by atoms with E-state index >= 15 is 0 Å². The summed E-state index contributed by atoms with van der Waals surface area (Å²) >= 11 is 11.3. The average Bonchev–Trinajstić information content (AvgIpc) is 2.37. The smallest absolute Gasteiger partial charge is 0.257 e. The van der Waals surface area contributed by atoms with Crippen LogP contribution in [0.3, 0.4) is 0 Å². The number of nitrogens with zero attached hydrogens (tertiary/aromatic N) is 1. The minimum absolute atomic E-state index is 0.0521. The molecule has 0 aromatic heterocycles. The van der Waals surface area contributed by atoms with E-state index in [0.29, 0.717) is 19.7 Å². The minimum Gasteiger partial charge on any atom is -0.383 e. The third-order valence-corrected chi connectivity index (χ3v) is 2.85. The Bertz CT molecular complexity index is 415. The molecule has 0 spiro atoms. The molecule has 0 radical (unpaired) electrons. The van der Waals surface area contributed by atoms with E-state index in [2.05, 4.69) is 0 Å². The lowest BCUT2D eigenvalue weighted by Crippen LogP contribution is -2.36. The molecular formula is C12H14Cl2FNO2. The first kappa shape index (κ1) is 15.2. The minimum atomic E-state index is -0.707. The highest BCUT2D eigenvalue weighted by Gasteiger charge is 2.19. The third-order valence-electron chi connectivity index (χ3n) is 2.39. The zero-order valence-electron chi connectivity index (χ0n) is 9.96. The van der Waals surface area contributed by atoms with Gasteiger partial charge in [0.2, 0.25) is 0 Å². The van der Waals surface area contributed by atoms with Crippen molar-refractivity contribution < 1.29 is 13.9 Å². The Morgan fingerprint density at radius 2 is 2.17 bits per heavy atom. The van der Waals surface area contributed by atoms with Gasteiger partial charge in [0.25, 0.3) is 5.91 Å². The highest BCUT2D eigenvalue weighted by Crippen LogP contribution is 2.19. The predicted molar refractivity (Wildman–Crippen MR) is 69.9 cm³/mol. The van der Waals surface area contributed by atoms with Gasteiger partial charge in [-0.05, 0) is 12.1 Å². The van der Waals surface area contributed by atoms with Crippen molar-refractivity contribution in [1.82, 2.24) is 4.90 Å². The first-order valence-electron chi connectivity index (χ1n) is 5.40. The second-order valence-corrected chi connectivity index (χ2v) is 4.36. The molecule has 0 saturated heterocycles. The van der Waals surface area contributed by atoms with Gasteiger partial charge in [0, 0.05) is 26.1 Å². The summed E-state index contributed by atoms with van der Waals surface area (Å²) in [6, 6.07) is 4.33. The number of carbonyl (C=O) groups excluding carboxylic acids is 1. The summed E-state index contributed by atoms with van der Waals surface area (Å²) in [4.78, 5) is 13.6. The van der Waals surface area contributed by atoms with Gasteiger partial charge in [0.05, 0.1) is 17.2 Å². The second kappa shape index (κ2) is 7.56. The molecule has 1 aromatic rings. The van der Waals surface area contributed by atoms with Crippen molar-refractivity contribution in [2.45, 2.75) is 0 Å². The van der Waals surface area contributed by atoms with Crippen LogP contribution < -0.4 is 0 Å². The van der Waals surface area contributed by atoms with Crippen molar-refractivity contribution in [3.8, 4) is 0 Å². The molecule has 0 atom stereocenters. The average molecular weight is 294 g/mol. The van der Waals surface area contributed by atoms with E-state index in [1.807, 2.05) is 0 Å². The molecule has 0 heterocycles. The maximum atomic E-state index is 13.7. The van der Waals surface area contributed by atoms with Crippen LogP contribution in [0.5, 0.6) is 0 Å². The van der Waals surface area contributed by atoms with Gasteiger partial charge in [-0.15, -0.1) is 11.6 Å². The molecule has 0 unspecified atom stereocenters. The van der Waals surface area contributed by atoms with Crippen molar-refractivity contribution >= 4 is 29.1 Å². The van der Waals surface area contributed by atoms with E-state index in [0.717, 1.165) is 0 Å². The highest BCUT2D eigenvalue weighted by molar-refractivity contribution is 6.31. The number of amides is 1. The molecule has 1 amide bonds. The molecule has 100 valence electrons. The van der Waals surface area contributed by atoms with E-state index in [1.54, 1.807) is 0 Å². The number of alkyl halides is 1. The fourth-order valence-electron chi connectivity index (χ4n) is 1.46. The fraction of sp³-hybridized carbons (Fsp3) is 0.417. The van der Waals surface area contributed by atoms with Gasteiger partial charge in [0.15, 0.2) is 5.82 Å². The summed E-state index contributed by atoms with van der Waals surface area (Å²) in [7, 11) is 1.53. The summed E-state index contributed by atoms with van der Waals surface area (Å²) < 4.78 is 18.6. The Hall–Kier alpha value is -0.840. The van der Waals surface area contributed by atoms with Crippen molar-refractivity contribution in [1.29, 1.82) is 0 Å². The van der Waals surface area contributed by atoms with Gasteiger partial charge in [-0.1, -0.05) is 17.7 Å². The number of ether oxygens (including phenoxy) is 1. The zero-order valence-corrected chi connectivity index (χ0v) is 11.5. The van der Waals surface area contributed by atoms with E-state index in [9.17, 15) is 9.18 Å². The summed E-state index contributed by atoms with van der Waals surface area (Å²) in [5.41, 5.74) is -0.0521. The predicted octanol–water partition coefficient (Wildman–Crippen LogP) is 2.81. The number of hydrogen-bond donors (Lipinski definition) is 0. The SMILES string of the molecule is COCCN(CCCl)C(=O)c1cccc(Cl)c1F. The second-order valence-electron chi connectivity index (χ2n) is 3.58. The summed E-state index contributed by atoms with van der Waals surface area (Å²) in [5, 5.41) is -0.0709. The Balaban J connectivity index is 2.90. The van der Waals surface area contributed by atoms with E-state index < -0.39 is 11.7 Å². The standard InChI is InChI=1S/C12H14Cl2FNO2/c1-18-8-7-16(6-5-13)12(17)9-3-2-4-10(14)11(9)15/h2-4H,5-8H2,1H3. The Kier molecular flexibility index (Phi) is 6.39. The number of halogens is 3. The molecular weight excluding hydrogens is 280 g/mol. The molecule has 0 saturated carbocycles. The lowest BCUT2D eigenvalue weighted by atomic mass is 10.2. The van der Waals surface area contributed by atoms with Crippen LogP contribution in [-0.2, 0) is 4.74 Å². The molecule has 1 aromatic carbocycles. The Morgan fingerprint density at radius 3 is 2.78 bits per heavy atom. The number of benzene rings is 1. The number of hydrogen-bond acceptors (Lipinski definition) is 2. The molecule has 0 aliphatic carbocycles. The van der Waals surface area contributed by atoms with Gasteiger partial charge in [-0.3, -0.25) is 4.79 Å². The largest absolute Gasteiger partial charge is 0.383 e. The molecule has 18 heavy (non-hydrogen) atoms. The van der Waals surface area contributed by atoms with Crippen molar-refractivity contribution in [2.75, 3.05) is 32.7 Å². The van der Waals surface area contributed by atoms with Crippen LogP contribution >= 0.6 is 23.2 Å². The van der Waals surface area contributed by atoms with Crippen LogP contribution in [0, 0.1) is 5.82 Å². The highest BCUT2D eigenvalue weighted by atomic mass is 35.5. The van der Waals surface area contributed by atoms with Gasteiger partial charge in [-0.25, -0.2) is 4.39 Å². The maximum Gasteiger partial charge on any atom is 0.257 e. The summed E-state index contributed by atoms with van der Waals surface area (Å²) in [6.07, 6.45) is 0. The molecule has 6 heteroatoms. The summed E-state index contributed by atoms with van der Waals surface area (Å²) in [5.74, 6) is -0.869. The van der Waals surface area contributed by atoms with E-state index in [1.165, 1.54) is 30.2 Å². The van der Waals surface area contributed by atoms with Crippen LogP contribution in [0.1, 0.15) is 10.4 Å². The van der Waals surface area contributed by atoms with Crippen LogP contribution in [0.15, 0.2) is 18.2 Å². The molecule has 0 aliphatic rings. The Labute approximate surface area is 115 Å². The van der Waals surface area contributed by atoms with Crippen molar-refractivity contribution in [3.63, 3.8) is 0 Å². The first-order valence-corrected chi connectivity index (χ1v) is 6.31. The van der Waals surface area contributed by atoms with Gasteiger partial charge in [-0.2, -0.15) is 0 Å². The lowest BCUT2D eigenvalue weighted by Gasteiger charge is -2.21. The Morgan fingerprint density at radius 1 is 1.44 bits per heavy atom. The maximum absolute atomic E-state index is 13.7. The topological polar surface area (TPSA) is 29.5 Å². The molecule has 1 rings (SSSR count). The quantitative estimate of drug-likeness (QED) is 0.755. The third kappa shape index (κ3) is 3.83. The first-order chi connectivity index (χ1) is 8.61. The number of methoxy groups -OCH3 is 1. The summed E-state index contributed by atoms with van der Waals surface area (Å²) in [6.45, 7) is 1.05.